The molecule has 34 heavy (non-hydrogen) atoms. The summed E-state index contributed by atoms with van der Waals surface area (Å²) in [6.07, 6.45) is 0. The van der Waals surface area contributed by atoms with Crippen molar-refractivity contribution in [1.29, 1.82) is 0 Å². The van der Waals surface area contributed by atoms with Crippen LogP contribution in [0.25, 0.3) is 0 Å². The van der Waals surface area contributed by atoms with Crippen molar-refractivity contribution in [2.45, 2.75) is 52.4 Å². The maximum atomic E-state index is 12.8. The molecular weight excluding hydrogens is 470 g/mol. The zero-order chi connectivity index (χ0) is 24.8. The van der Waals surface area contributed by atoms with Gasteiger partial charge in [-0.25, -0.2) is 0 Å². The van der Waals surface area contributed by atoms with Crippen LogP contribution < -0.4 is 10.6 Å². The molecule has 9 heteroatoms. The van der Waals surface area contributed by atoms with Crippen LogP contribution in [-0.4, -0.2) is 32.3 Å². The zero-order valence-corrected chi connectivity index (χ0v) is 21.6. The fraction of sp³-hybridized carbons (Fsp3) is 0.360. The summed E-state index contributed by atoms with van der Waals surface area (Å²) in [6.45, 7) is 10.6. The largest absolute Gasteiger partial charge is 0.342 e. The summed E-state index contributed by atoms with van der Waals surface area (Å²) in [5, 5.41) is 15.9. The number of anilines is 1. The van der Waals surface area contributed by atoms with Gasteiger partial charge in [-0.1, -0.05) is 61.0 Å². The van der Waals surface area contributed by atoms with Crippen molar-refractivity contribution in [2.75, 3.05) is 11.1 Å². The van der Waals surface area contributed by atoms with Crippen LogP contribution in [0.1, 0.15) is 54.1 Å². The number of carbonyl (C=O) groups is 2. The quantitative estimate of drug-likeness (QED) is 0.383. The lowest BCUT2D eigenvalue weighted by Gasteiger charge is -2.22. The van der Waals surface area contributed by atoms with Crippen LogP contribution in [-0.2, 0) is 11.3 Å². The molecule has 0 aliphatic rings. The van der Waals surface area contributed by atoms with Crippen molar-refractivity contribution in [3.05, 3.63) is 70.0 Å². The van der Waals surface area contributed by atoms with E-state index in [-0.39, 0.29) is 29.5 Å². The minimum atomic E-state index is -0.320. The number of rotatable bonds is 9. The van der Waals surface area contributed by atoms with E-state index < -0.39 is 0 Å². The Hall–Kier alpha value is -2.84. The number of aryl methyl sites for hydroxylation is 2. The Morgan fingerprint density at radius 1 is 1.09 bits per heavy atom. The molecular formula is C25H30ClN5O2S. The van der Waals surface area contributed by atoms with Crippen molar-refractivity contribution in [1.82, 2.24) is 20.1 Å². The summed E-state index contributed by atoms with van der Waals surface area (Å²) in [4.78, 5) is 25.3. The van der Waals surface area contributed by atoms with E-state index in [4.69, 9.17) is 11.6 Å². The molecule has 3 rings (SSSR count). The SMILES string of the molecule is CCn1c(SCC(=O)Nc2ccc(C)c(Cl)c2)nnc1[C@@H](NC(=O)c1ccc(C)cc1)C(C)C. The predicted molar refractivity (Wildman–Crippen MR) is 137 cm³/mol. The van der Waals surface area contributed by atoms with Crippen LogP contribution in [0.5, 0.6) is 0 Å². The maximum Gasteiger partial charge on any atom is 0.251 e. The normalized spacial score (nSPS) is 12.0. The summed E-state index contributed by atoms with van der Waals surface area (Å²) in [5.41, 5.74) is 3.30. The first-order valence-corrected chi connectivity index (χ1v) is 12.5. The second-order valence-electron chi connectivity index (χ2n) is 8.45. The molecule has 2 amide bonds. The number of thioether (sulfide) groups is 1. The van der Waals surface area contributed by atoms with Crippen molar-refractivity contribution in [3.8, 4) is 0 Å². The molecule has 2 aromatic carbocycles. The minimum Gasteiger partial charge on any atom is -0.342 e. The van der Waals surface area contributed by atoms with Crippen LogP contribution in [0.2, 0.25) is 5.02 Å². The average Bonchev–Trinajstić information content (AvgIpc) is 3.21. The first kappa shape index (κ1) is 25.8. The standard InChI is InChI=1S/C25H30ClN5O2S/c1-6-31-23(22(15(2)3)28-24(33)18-10-7-16(4)8-11-18)29-30-25(31)34-14-21(32)27-19-12-9-17(5)20(26)13-19/h7-13,15,22H,6,14H2,1-5H3,(H,27,32)(H,28,33)/t22-/m0/s1. The van der Waals surface area contributed by atoms with Gasteiger partial charge in [0.15, 0.2) is 11.0 Å². The Balaban J connectivity index is 1.70. The number of aromatic nitrogens is 3. The van der Waals surface area contributed by atoms with Gasteiger partial charge in [0, 0.05) is 22.8 Å². The van der Waals surface area contributed by atoms with Gasteiger partial charge in [-0.3, -0.25) is 9.59 Å². The summed E-state index contributed by atoms with van der Waals surface area (Å²) in [6, 6.07) is 12.6. The summed E-state index contributed by atoms with van der Waals surface area (Å²) < 4.78 is 1.95. The second kappa shape index (κ2) is 11.5. The molecule has 1 heterocycles. The maximum absolute atomic E-state index is 12.8. The van der Waals surface area contributed by atoms with Crippen molar-refractivity contribution in [3.63, 3.8) is 0 Å². The molecule has 0 bridgehead atoms. The van der Waals surface area contributed by atoms with Crippen molar-refractivity contribution < 1.29 is 9.59 Å². The van der Waals surface area contributed by atoms with Gasteiger partial charge in [-0.2, -0.15) is 0 Å². The first-order chi connectivity index (χ1) is 16.2. The zero-order valence-electron chi connectivity index (χ0n) is 20.1. The Kier molecular flexibility index (Phi) is 8.74. The highest BCUT2D eigenvalue weighted by molar-refractivity contribution is 7.99. The van der Waals surface area contributed by atoms with E-state index in [0.29, 0.717) is 33.8 Å². The van der Waals surface area contributed by atoms with Gasteiger partial charge < -0.3 is 15.2 Å². The van der Waals surface area contributed by atoms with E-state index in [1.165, 1.54) is 11.8 Å². The van der Waals surface area contributed by atoms with E-state index >= 15 is 0 Å². The molecule has 0 radical (unpaired) electrons. The lowest BCUT2D eigenvalue weighted by Crippen LogP contribution is -2.33. The molecule has 0 unspecified atom stereocenters. The number of nitrogens with one attached hydrogen (secondary N) is 2. The van der Waals surface area contributed by atoms with E-state index in [1.807, 2.05) is 75.6 Å². The Labute approximate surface area is 209 Å². The number of hydrogen-bond donors (Lipinski definition) is 2. The fourth-order valence-corrected chi connectivity index (χ4v) is 4.38. The van der Waals surface area contributed by atoms with Gasteiger partial charge in [0.2, 0.25) is 5.91 Å². The van der Waals surface area contributed by atoms with Crippen molar-refractivity contribution >= 4 is 40.9 Å². The summed E-state index contributed by atoms with van der Waals surface area (Å²) >= 11 is 7.45. The van der Waals surface area contributed by atoms with Crippen LogP contribution in [0.3, 0.4) is 0 Å². The highest BCUT2D eigenvalue weighted by atomic mass is 35.5. The fourth-order valence-electron chi connectivity index (χ4n) is 3.39. The van der Waals surface area contributed by atoms with Gasteiger partial charge in [-0.05, 0) is 56.5 Å². The number of halogens is 1. The molecule has 1 atom stereocenters. The van der Waals surface area contributed by atoms with Crippen LogP contribution >= 0.6 is 23.4 Å². The summed E-state index contributed by atoms with van der Waals surface area (Å²) in [5.74, 6) is 0.619. The third-order valence-electron chi connectivity index (χ3n) is 5.39. The molecule has 0 fully saturated rings. The molecule has 3 aromatic rings. The van der Waals surface area contributed by atoms with E-state index in [0.717, 1.165) is 11.1 Å². The molecule has 0 spiro atoms. The van der Waals surface area contributed by atoms with E-state index in [2.05, 4.69) is 20.8 Å². The number of nitrogens with zero attached hydrogens (tertiary/aromatic N) is 3. The molecule has 7 nitrogen and oxygen atoms in total. The monoisotopic (exact) mass is 499 g/mol. The number of carbonyl (C=O) groups excluding carboxylic acids is 2. The Bertz CT molecular complexity index is 1160. The van der Waals surface area contributed by atoms with E-state index in [9.17, 15) is 9.59 Å². The molecule has 2 N–H and O–H groups in total. The number of hydrogen-bond acceptors (Lipinski definition) is 5. The van der Waals surface area contributed by atoms with Gasteiger partial charge in [0.25, 0.3) is 5.91 Å². The predicted octanol–water partition coefficient (Wildman–Crippen LogP) is 5.43. The van der Waals surface area contributed by atoms with Crippen LogP contribution in [0, 0.1) is 19.8 Å². The van der Waals surface area contributed by atoms with Gasteiger partial charge in [0.1, 0.15) is 0 Å². The highest BCUT2D eigenvalue weighted by Gasteiger charge is 2.26. The third-order valence-corrected chi connectivity index (χ3v) is 6.77. The summed E-state index contributed by atoms with van der Waals surface area (Å²) in [7, 11) is 0. The highest BCUT2D eigenvalue weighted by Crippen LogP contribution is 2.26. The molecule has 0 saturated carbocycles. The van der Waals surface area contributed by atoms with Gasteiger partial charge >= 0.3 is 0 Å². The molecule has 180 valence electrons. The first-order valence-electron chi connectivity index (χ1n) is 11.2. The molecule has 0 aliphatic heterocycles. The van der Waals surface area contributed by atoms with Crippen LogP contribution in [0.15, 0.2) is 47.6 Å². The third kappa shape index (κ3) is 6.39. The lowest BCUT2D eigenvalue weighted by atomic mass is 10.0. The van der Waals surface area contributed by atoms with E-state index in [1.54, 1.807) is 6.07 Å². The number of amides is 2. The Morgan fingerprint density at radius 2 is 1.79 bits per heavy atom. The topological polar surface area (TPSA) is 88.9 Å². The van der Waals surface area contributed by atoms with Gasteiger partial charge in [0.05, 0.1) is 11.8 Å². The molecule has 0 saturated heterocycles. The van der Waals surface area contributed by atoms with Crippen molar-refractivity contribution in [2.24, 2.45) is 5.92 Å². The second-order valence-corrected chi connectivity index (χ2v) is 9.80. The average molecular weight is 500 g/mol. The van der Waals surface area contributed by atoms with Gasteiger partial charge in [-0.15, -0.1) is 10.2 Å². The lowest BCUT2D eigenvalue weighted by molar-refractivity contribution is -0.113. The minimum absolute atomic E-state index is 0.0938. The number of benzene rings is 2. The molecule has 0 aliphatic carbocycles. The molecule has 1 aromatic heterocycles. The van der Waals surface area contributed by atoms with Crippen LogP contribution in [0.4, 0.5) is 5.69 Å². The Morgan fingerprint density at radius 3 is 2.41 bits per heavy atom. The smallest absolute Gasteiger partial charge is 0.251 e.